The van der Waals surface area contributed by atoms with Crippen LogP contribution in [0.2, 0.25) is 0 Å². The molecule has 0 bridgehead atoms. The van der Waals surface area contributed by atoms with Gasteiger partial charge in [0.15, 0.2) is 23.3 Å². The summed E-state index contributed by atoms with van der Waals surface area (Å²) in [7, 11) is 0. The molecule has 0 atom stereocenters. The molecule has 2 aromatic carbocycles. The summed E-state index contributed by atoms with van der Waals surface area (Å²) in [6.07, 6.45) is 0. The zero-order valence-electron chi connectivity index (χ0n) is 8.35. The lowest BCUT2D eigenvalue weighted by Crippen LogP contribution is -1.92. The van der Waals surface area contributed by atoms with Gasteiger partial charge in [0.2, 0.25) is 0 Å². The fourth-order valence-electron chi connectivity index (χ4n) is 1.46. The molecule has 0 spiro atoms. The van der Waals surface area contributed by atoms with Crippen LogP contribution < -0.4 is 0 Å². The molecule has 0 radical (unpaired) electrons. The van der Waals surface area contributed by atoms with Gasteiger partial charge in [-0.05, 0) is 12.1 Å². The Hall–Kier alpha value is -2.04. The predicted molar refractivity (Wildman–Crippen MR) is 53.4 cm³/mol. The largest absolute Gasteiger partial charge is 0.507 e. The third kappa shape index (κ3) is 1.95. The van der Waals surface area contributed by atoms with E-state index in [1.54, 1.807) is 0 Å². The molecule has 0 aromatic heterocycles. The molecule has 88 valence electrons. The average Bonchev–Trinajstić information content (AvgIpc) is 2.28. The van der Waals surface area contributed by atoms with E-state index in [2.05, 4.69) is 0 Å². The Morgan fingerprint density at radius 3 is 2.12 bits per heavy atom. The van der Waals surface area contributed by atoms with Crippen LogP contribution in [0.25, 0.3) is 11.1 Å². The van der Waals surface area contributed by atoms with E-state index >= 15 is 0 Å². The molecule has 2 rings (SSSR count). The van der Waals surface area contributed by atoms with Gasteiger partial charge in [-0.3, -0.25) is 0 Å². The van der Waals surface area contributed by atoms with E-state index in [9.17, 15) is 22.7 Å². The van der Waals surface area contributed by atoms with Gasteiger partial charge >= 0.3 is 0 Å². The fraction of sp³-hybridized carbons (Fsp3) is 0. The van der Waals surface area contributed by atoms with Crippen molar-refractivity contribution in [3.8, 4) is 16.9 Å². The van der Waals surface area contributed by atoms with Crippen molar-refractivity contribution in [2.24, 2.45) is 0 Å². The molecule has 17 heavy (non-hydrogen) atoms. The number of phenolic OH excluding ortho intramolecular Hbond substituents is 1. The van der Waals surface area contributed by atoms with E-state index in [4.69, 9.17) is 0 Å². The molecule has 0 aliphatic heterocycles. The molecule has 0 unspecified atom stereocenters. The quantitative estimate of drug-likeness (QED) is 0.757. The zero-order valence-corrected chi connectivity index (χ0v) is 8.35. The summed E-state index contributed by atoms with van der Waals surface area (Å²) in [5.74, 6) is -5.53. The summed E-state index contributed by atoms with van der Waals surface area (Å²) in [6, 6.07) is 4.37. The van der Waals surface area contributed by atoms with Crippen molar-refractivity contribution >= 4 is 0 Å². The highest BCUT2D eigenvalue weighted by Crippen LogP contribution is 2.33. The van der Waals surface area contributed by atoms with Gasteiger partial charge in [-0.25, -0.2) is 17.6 Å². The maximum Gasteiger partial charge on any atom is 0.166 e. The topological polar surface area (TPSA) is 20.2 Å². The number of hydrogen-bond acceptors (Lipinski definition) is 1. The highest BCUT2D eigenvalue weighted by atomic mass is 19.2. The predicted octanol–water partition coefficient (Wildman–Crippen LogP) is 3.62. The fourth-order valence-corrected chi connectivity index (χ4v) is 1.46. The van der Waals surface area contributed by atoms with E-state index in [1.165, 1.54) is 6.07 Å². The Labute approximate surface area is 93.9 Å². The summed E-state index contributed by atoms with van der Waals surface area (Å²) >= 11 is 0. The monoisotopic (exact) mass is 242 g/mol. The summed E-state index contributed by atoms with van der Waals surface area (Å²) in [6.45, 7) is 0. The summed E-state index contributed by atoms with van der Waals surface area (Å²) < 4.78 is 52.1. The number of aromatic hydroxyl groups is 1. The molecule has 1 N–H and O–H groups in total. The lowest BCUT2D eigenvalue weighted by Gasteiger charge is -2.07. The van der Waals surface area contributed by atoms with Gasteiger partial charge in [0.1, 0.15) is 5.75 Å². The molecule has 0 aliphatic rings. The first-order valence-electron chi connectivity index (χ1n) is 4.63. The standard InChI is InChI=1S/C12H6F4O/c13-8-3-1-2-6(12(8)16)7-4-9(14)10(15)5-11(7)17/h1-5,17H. The van der Waals surface area contributed by atoms with Crippen molar-refractivity contribution in [2.45, 2.75) is 0 Å². The first-order chi connectivity index (χ1) is 8.00. The van der Waals surface area contributed by atoms with Crippen LogP contribution in [-0.2, 0) is 0 Å². The Bertz CT molecular complexity index is 581. The molecular formula is C12H6F4O. The molecule has 0 saturated carbocycles. The molecular weight excluding hydrogens is 236 g/mol. The second-order valence-electron chi connectivity index (χ2n) is 3.38. The van der Waals surface area contributed by atoms with Crippen LogP contribution in [-0.4, -0.2) is 5.11 Å². The van der Waals surface area contributed by atoms with Crippen molar-refractivity contribution in [1.82, 2.24) is 0 Å². The molecule has 2 aromatic rings. The van der Waals surface area contributed by atoms with Crippen molar-refractivity contribution < 1.29 is 22.7 Å². The van der Waals surface area contributed by atoms with E-state index in [1.807, 2.05) is 0 Å². The van der Waals surface area contributed by atoms with Crippen LogP contribution in [0.4, 0.5) is 17.6 Å². The zero-order chi connectivity index (χ0) is 12.6. The third-order valence-corrected chi connectivity index (χ3v) is 2.28. The van der Waals surface area contributed by atoms with Crippen molar-refractivity contribution in [3.63, 3.8) is 0 Å². The molecule has 1 nitrogen and oxygen atoms in total. The van der Waals surface area contributed by atoms with Gasteiger partial charge in [0, 0.05) is 17.2 Å². The number of phenols is 1. The highest BCUT2D eigenvalue weighted by Gasteiger charge is 2.16. The summed E-state index contributed by atoms with van der Waals surface area (Å²) in [5.41, 5.74) is -0.637. The van der Waals surface area contributed by atoms with E-state index in [0.29, 0.717) is 12.1 Å². The first kappa shape index (κ1) is 11.4. The van der Waals surface area contributed by atoms with Gasteiger partial charge in [0.05, 0.1) is 0 Å². The number of benzene rings is 2. The van der Waals surface area contributed by atoms with Crippen LogP contribution in [0.5, 0.6) is 5.75 Å². The van der Waals surface area contributed by atoms with Crippen LogP contribution in [0, 0.1) is 23.3 Å². The van der Waals surface area contributed by atoms with Gasteiger partial charge in [-0.15, -0.1) is 0 Å². The van der Waals surface area contributed by atoms with Crippen molar-refractivity contribution in [3.05, 3.63) is 53.6 Å². The average molecular weight is 242 g/mol. The van der Waals surface area contributed by atoms with Gasteiger partial charge in [-0.2, -0.15) is 0 Å². The van der Waals surface area contributed by atoms with Crippen molar-refractivity contribution in [2.75, 3.05) is 0 Å². The van der Waals surface area contributed by atoms with Crippen LogP contribution in [0.1, 0.15) is 0 Å². The highest BCUT2D eigenvalue weighted by molar-refractivity contribution is 5.70. The second-order valence-corrected chi connectivity index (χ2v) is 3.38. The molecule has 5 heteroatoms. The Morgan fingerprint density at radius 1 is 0.765 bits per heavy atom. The Morgan fingerprint density at radius 2 is 1.41 bits per heavy atom. The van der Waals surface area contributed by atoms with Gasteiger partial charge < -0.3 is 5.11 Å². The molecule has 0 heterocycles. The second kappa shape index (κ2) is 4.08. The maximum atomic E-state index is 13.4. The lowest BCUT2D eigenvalue weighted by molar-refractivity contribution is 0.455. The normalized spacial score (nSPS) is 10.6. The minimum absolute atomic E-state index is 0.305. The molecule has 0 amide bonds. The minimum atomic E-state index is -1.26. The van der Waals surface area contributed by atoms with Crippen LogP contribution in [0.3, 0.4) is 0 Å². The first-order valence-corrected chi connectivity index (χ1v) is 4.63. The summed E-state index contributed by atoms with van der Waals surface area (Å²) in [5, 5.41) is 9.39. The van der Waals surface area contributed by atoms with E-state index in [0.717, 1.165) is 12.1 Å². The van der Waals surface area contributed by atoms with Gasteiger partial charge in [0.25, 0.3) is 0 Å². The Kier molecular flexibility index (Phi) is 2.75. The van der Waals surface area contributed by atoms with Gasteiger partial charge in [-0.1, -0.05) is 12.1 Å². The molecule has 0 aliphatic carbocycles. The molecule has 0 fully saturated rings. The molecule has 0 saturated heterocycles. The minimum Gasteiger partial charge on any atom is -0.507 e. The lowest BCUT2D eigenvalue weighted by atomic mass is 10.0. The number of halogens is 4. The summed E-state index contributed by atoms with van der Waals surface area (Å²) in [4.78, 5) is 0. The number of hydrogen-bond donors (Lipinski definition) is 1. The van der Waals surface area contributed by atoms with Crippen LogP contribution in [0.15, 0.2) is 30.3 Å². The Balaban J connectivity index is 2.69. The van der Waals surface area contributed by atoms with Crippen molar-refractivity contribution in [1.29, 1.82) is 0 Å². The van der Waals surface area contributed by atoms with E-state index < -0.39 is 29.0 Å². The number of rotatable bonds is 1. The maximum absolute atomic E-state index is 13.4. The van der Waals surface area contributed by atoms with Crippen LogP contribution >= 0.6 is 0 Å². The third-order valence-electron chi connectivity index (χ3n) is 2.28. The smallest absolute Gasteiger partial charge is 0.166 e. The van der Waals surface area contributed by atoms with E-state index in [-0.39, 0.29) is 11.1 Å². The SMILES string of the molecule is Oc1cc(F)c(F)cc1-c1cccc(F)c1F.